The molecule has 5 nitrogen and oxygen atoms in total. The molecule has 6 heteroatoms. The molecule has 0 amide bonds. The molecule has 5 rings (SSSR count). The highest BCUT2D eigenvalue weighted by Gasteiger charge is 2.34. The highest BCUT2D eigenvalue weighted by atomic mass is 32.1. The van der Waals surface area contributed by atoms with Gasteiger partial charge in [-0.3, -0.25) is 0 Å². The Hall–Kier alpha value is -2.99. The van der Waals surface area contributed by atoms with E-state index in [2.05, 4.69) is 56.5 Å². The van der Waals surface area contributed by atoms with Gasteiger partial charge in [0.1, 0.15) is 10.8 Å². The summed E-state index contributed by atoms with van der Waals surface area (Å²) in [7, 11) is 1.42. The van der Waals surface area contributed by atoms with Crippen molar-refractivity contribution in [2.45, 2.75) is 59.4 Å². The highest BCUT2D eigenvalue weighted by molar-refractivity contribution is 7.15. The lowest BCUT2D eigenvalue weighted by molar-refractivity contribution is 0.0601. The third-order valence-corrected chi connectivity index (χ3v) is 8.35. The minimum Gasteiger partial charge on any atom is -0.465 e. The van der Waals surface area contributed by atoms with Crippen LogP contribution < -0.4 is 0 Å². The van der Waals surface area contributed by atoms with Gasteiger partial charge in [-0.2, -0.15) is 0 Å². The summed E-state index contributed by atoms with van der Waals surface area (Å²) in [4.78, 5) is 23.4. The van der Waals surface area contributed by atoms with Crippen LogP contribution in [0, 0.1) is 18.3 Å². The Morgan fingerprint density at radius 2 is 1.91 bits per heavy atom. The standard InChI is InChI=1S/C29H33N3O2S/c1-18-13-22(17-29(3,4)16-18)32-24-12-11-21(28(33)34-5)14-23(24)31-26(32)15-25-19(2)30-27(35-25)20-9-7-6-8-10-20/h6-12,14,18,22H,13,15-17H2,1-5H3/t18-,22+/m0/s1. The summed E-state index contributed by atoms with van der Waals surface area (Å²) in [5.41, 5.74) is 4.96. The lowest BCUT2D eigenvalue weighted by atomic mass is 9.70. The van der Waals surface area contributed by atoms with E-state index >= 15 is 0 Å². The van der Waals surface area contributed by atoms with Gasteiger partial charge >= 0.3 is 5.97 Å². The molecule has 4 aromatic rings. The Bertz CT molecular complexity index is 1370. The first-order valence-corrected chi connectivity index (χ1v) is 13.2. The zero-order valence-corrected chi connectivity index (χ0v) is 22.0. The number of ether oxygens (including phenoxy) is 1. The molecule has 2 heterocycles. The molecule has 35 heavy (non-hydrogen) atoms. The van der Waals surface area contributed by atoms with E-state index in [-0.39, 0.29) is 11.4 Å². The number of esters is 1. The molecule has 0 radical (unpaired) electrons. The lowest BCUT2D eigenvalue weighted by Crippen LogP contribution is -2.30. The molecule has 1 saturated carbocycles. The van der Waals surface area contributed by atoms with E-state index in [0.29, 0.717) is 17.5 Å². The number of benzene rings is 2. The van der Waals surface area contributed by atoms with Gasteiger partial charge in [-0.15, -0.1) is 11.3 Å². The Kier molecular flexibility index (Phi) is 6.26. The number of nitrogens with zero attached hydrogens (tertiary/aromatic N) is 3. The first-order chi connectivity index (χ1) is 16.7. The van der Waals surface area contributed by atoms with Crippen LogP contribution in [0.5, 0.6) is 0 Å². The van der Waals surface area contributed by atoms with Gasteiger partial charge in [0.15, 0.2) is 0 Å². The Morgan fingerprint density at radius 1 is 1.14 bits per heavy atom. The Balaban J connectivity index is 1.59. The molecule has 2 atom stereocenters. The molecule has 1 fully saturated rings. The zero-order valence-electron chi connectivity index (χ0n) is 21.2. The van der Waals surface area contributed by atoms with Crippen LogP contribution in [-0.2, 0) is 11.2 Å². The third-order valence-electron chi connectivity index (χ3n) is 7.14. The third kappa shape index (κ3) is 4.76. The quantitative estimate of drug-likeness (QED) is 0.279. The van der Waals surface area contributed by atoms with Gasteiger partial charge in [0.2, 0.25) is 0 Å². The smallest absolute Gasteiger partial charge is 0.337 e. The summed E-state index contributed by atoms with van der Waals surface area (Å²) >= 11 is 1.75. The molecular weight excluding hydrogens is 454 g/mol. The Labute approximate surface area is 211 Å². The second kappa shape index (κ2) is 9.23. The number of rotatable bonds is 5. The topological polar surface area (TPSA) is 57.0 Å². The van der Waals surface area contributed by atoms with Crippen molar-refractivity contribution in [3.05, 3.63) is 70.5 Å². The van der Waals surface area contributed by atoms with Gasteiger partial charge in [0, 0.05) is 22.9 Å². The van der Waals surface area contributed by atoms with E-state index in [1.54, 1.807) is 11.3 Å². The van der Waals surface area contributed by atoms with Crippen LogP contribution in [-0.4, -0.2) is 27.6 Å². The van der Waals surface area contributed by atoms with Crippen molar-refractivity contribution in [3.8, 4) is 10.6 Å². The summed E-state index contributed by atoms with van der Waals surface area (Å²) in [6.45, 7) is 9.21. The van der Waals surface area contributed by atoms with Gasteiger partial charge in [-0.05, 0) is 55.7 Å². The van der Waals surface area contributed by atoms with Crippen LogP contribution in [0.4, 0.5) is 0 Å². The first-order valence-electron chi connectivity index (χ1n) is 12.3. The monoisotopic (exact) mass is 487 g/mol. The zero-order chi connectivity index (χ0) is 24.7. The van der Waals surface area contributed by atoms with Crippen molar-refractivity contribution in [1.82, 2.24) is 14.5 Å². The molecule has 2 aromatic heterocycles. The highest BCUT2D eigenvalue weighted by Crippen LogP contribution is 2.45. The molecular formula is C29H33N3O2S. The second-order valence-corrected chi connectivity index (χ2v) is 11.8. The maximum atomic E-state index is 12.2. The number of hydrogen-bond acceptors (Lipinski definition) is 5. The van der Waals surface area contributed by atoms with E-state index in [9.17, 15) is 4.79 Å². The molecule has 0 spiro atoms. The van der Waals surface area contributed by atoms with Crippen LogP contribution in [0.3, 0.4) is 0 Å². The fourth-order valence-electron chi connectivity index (χ4n) is 5.86. The summed E-state index contributed by atoms with van der Waals surface area (Å²) in [6, 6.07) is 16.5. The number of fused-ring (bicyclic) bond motifs is 1. The maximum Gasteiger partial charge on any atom is 0.337 e. The van der Waals surface area contributed by atoms with E-state index in [0.717, 1.165) is 52.4 Å². The van der Waals surface area contributed by atoms with Crippen molar-refractivity contribution in [2.24, 2.45) is 11.3 Å². The van der Waals surface area contributed by atoms with Gasteiger partial charge in [-0.25, -0.2) is 14.8 Å². The average molecular weight is 488 g/mol. The van der Waals surface area contributed by atoms with Crippen molar-refractivity contribution in [1.29, 1.82) is 0 Å². The van der Waals surface area contributed by atoms with Crippen LogP contribution in [0.1, 0.15) is 72.8 Å². The summed E-state index contributed by atoms with van der Waals surface area (Å²) in [6.07, 6.45) is 4.22. The SMILES string of the molecule is COC(=O)c1ccc2c(c1)nc(Cc1sc(-c3ccccc3)nc1C)n2[C@@H]1C[C@H](C)CC(C)(C)C1. The molecule has 182 valence electrons. The molecule has 2 aromatic carbocycles. The number of carbonyl (C=O) groups is 1. The number of methoxy groups -OCH3 is 1. The van der Waals surface area contributed by atoms with Gasteiger partial charge in [0.25, 0.3) is 0 Å². The number of thiazole rings is 1. The van der Waals surface area contributed by atoms with Gasteiger partial charge < -0.3 is 9.30 Å². The molecule has 0 bridgehead atoms. The number of hydrogen-bond donors (Lipinski definition) is 0. The number of imidazole rings is 1. The largest absolute Gasteiger partial charge is 0.465 e. The van der Waals surface area contributed by atoms with E-state index in [1.807, 2.05) is 24.3 Å². The van der Waals surface area contributed by atoms with E-state index in [1.165, 1.54) is 18.4 Å². The van der Waals surface area contributed by atoms with Gasteiger partial charge in [0.05, 0.1) is 29.4 Å². The second-order valence-electron chi connectivity index (χ2n) is 10.7. The molecule has 0 aliphatic heterocycles. The van der Waals surface area contributed by atoms with Crippen molar-refractivity contribution in [3.63, 3.8) is 0 Å². The van der Waals surface area contributed by atoms with E-state index in [4.69, 9.17) is 14.7 Å². The van der Waals surface area contributed by atoms with Crippen LogP contribution in [0.2, 0.25) is 0 Å². The molecule has 0 N–H and O–H groups in total. The van der Waals surface area contributed by atoms with Crippen LogP contribution >= 0.6 is 11.3 Å². The number of aryl methyl sites for hydroxylation is 1. The fourth-order valence-corrected chi connectivity index (χ4v) is 6.92. The summed E-state index contributed by atoms with van der Waals surface area (Å²) < 4.78 is 7.41. The molecule has 1 aliphatic rings. The average Bonchev–Trinajstić information content (AvgIpc) is 3.37. The summed E-state index contributed by atoms with van der Waals surface area (Å²) in [5.74, 6) is 1.36. The first kappa shape index (κ1) is 23.7. The van der Waals surface area contributed by atoms with E-state index < -0.39 is 0 Å². The minimum atomic E-state index is -0.332. The predicted octanol–water partition coefficient (Wildman–Crippen LogP) is 7.23. The number of carbonyl (C=O) groups excluding carboxylic acids is 1. The van der Waals surface area contributed by atoms with Crippen molar-refractivity contribution >= 4 is 28.3 Å². The van der Waals surface area contributed by atoms with Crippen LogP contribution in [0.15, 0.2) is 48.5 Å². The fraction of sp³-hybridized carbons (Fsp3) is 0.414. The lowest BCUT2D eigenvalue weighted by Gasteiger charge is -2.40. The predicted molar refractivity (Wildman–Crippen MR) is 142 cm³/mol. The number of aromatic nitrogens is 3. The summed E-state index contributed by atoms with van der Waals surface area (Å²) in [5, 5.41) is 1.04. The molecule has 0 unspecified atom stereocenters. The van der Waals surface area contributed by atoms with Crippen molar-refractivity contribution in [2.75, 3.05) is 7.11 Å². The molecule has 0 saturated heterocycles. The van der Waals surface area contributed by atoms with Crippen molar-refractivity contribution < 1.29 is 9.53 Å². The van der Waals surface area contributed by atoms with Gasteiger partial charge in [-0.1, -0.05) is 51.1 Å². The molecule has 1 aliphatic carbocycles. The minimum absolute atomic E-state index is 0.281. The Morgan fingerprint density at radius 3 is 2.63 bits per heavy atom. The normalized spacial score (nSPS) is 19.7. The maximum absolute atomic E-state index is 12.2. The van der Waals surface area contributed by atoms with Crippen LogP contribution in [0.25, 0.3) is 21.6 Å².